The molecule has 0 radical (unpaired) electrons. The molecule has 3 aliphatic rings. The quantitative estimate of drug-likeness (QED) is 0.590. The van der Waals surface area contributed by atoms with E-state index in [4.69, 9.17) is 15.2 Å². The molecule has 3 N–H and O–H groups in total. The van der Waals surface area contributed by atoms with Crippen molar-refractivity contribution in [2.75, 3.05) is 6.61 Å². The Morgan fingerprint density at radius 2 is 2.00 bits per heavy atom. The lowest BCUT2D eigenvalue weighted by Gasteiger charge is -2.53. The van der Waals surface area contributed by atoms with Crippen LogP contribution in [0.3, 0.4) is 0 Å². The summed E-state index contributed by atoms with van der Waals surface area (Å²) in [6.45, 7) is 9.29. The lowest BCUT2D eigenvalue weighted by molar-refractivity contribution is -0.231. The number of imidazole rings is 1. The molecule has 2 fully saturated rings. The minimum atomic E-state index is -1.47. The highest BCUT2D eigenvalue weighted by molar-refractivity contribution is 5.91. The SMILES string of the molecule is CCn1c(C(=O)NC2CC2)nc2c1CN([C@H]1CO[C@@](c3cc(F)ccc3F)(C(C)(C)C)[C@@H](OC(N)=O)C1)C2. The van der Waals surface area contributed by atoms with Gasteiger partial charge in [-0.3, -0.25) is 9.69 Å². The van der Waals surface area contributed by atoms with Crippen LogP contribution in [0, 0.1) is 17.0 Å². The van der Waals surface area contributed by atoms with Crippen LogP contribution in [0.2, 0.25) is 0 Å². The fourth-order valence-corrected chi connectivity index (χ4v) is 5.99. The van der Waals surface area contributed by atoms with Crippen LogP contribution in [0.1, 0.15) is 74.5 Å². The average molecular weight is 532 g/mol. The molecule has 38 heavy (non-hydrogen) atoms. The van der Waals surface area contributed by atoms with E-state index in [1.54, 1.807) is 0 Å². The highest BCUT2D eigenvalue weighted by Gasteiger charge is 2.58. The Morgan fingerprint density at radius 3 is 2.63 bits per heavy atom. The third kappa shape index (κ3) is 4.55. The number of carbonyl (C=O) groups excluding carboxylic acids is 2. The van der Waals surface area contributed by atoms with Gasteiger partial charge in [0.05, 0.1) is 18.0 Å². The summed E-state index contributed by atoms with van der Waals surface area (Å²) in [5, 5.41) is 3.01. The van der Waals surface area contributed by atoms with E-state index in [2.05, 4.69) is 15.2 Å². The molecule has 1 saturated heterocycles. The van der Waals surface area contributed by atoms with Crippen molar-refractivity contribution in [3.63, 3.8) is 0 Å². The Kier molecular flexibility index (Phi) is 6.71. The third-order valence-electron chi connectivity index (χ3n) is 7.95. The first-order chi connectivity index (χ1) is 17.9. The van der Waals surface area contributed by atoms with Gasteiger partial charge in [0.1, 0.15) is 23.3 Å². The molecule has 0 spiro atoms. The zero-order chi connectivity index (χ0) is 27.4. The first-order valence-corrected chi connectivity index (χ1v) is 13.1. The van der Waals surface area contributed by atoms with Crippen molar-refractivity contribution in [3.05, 3.63) is 52.6 Å². The first kappa shape index (κ1) is 26.6. The number of carbonyl (C=O) groups is 2. The zero-order valence-electron chi connectivity index (χ0n) is 22.2. The van der Waals surface area contributed by atoms with Crippen molar-refractivity contribution in [3.8, 4) is 0 Å². The second-order valence-corrected chi connectivity index (χ2v) is 11.5. The number of nitrogens with one attached hydrogen (secondary N) is 1. The number of rotatable bonds is 6. The fraction of sp³-hybridized carbons (Fsp3) is 0.593. The fourth-order valence-electron chi connectivity index (χ4n) is 5.99. The predicted molar refractivity (Wildman–Crippen MR) is 134 cm³/mol. The lowest BCUT2D eigenvalue weighted by atomic mass is 9.66. The lowest BCUT2D eigenvalue weighted by Crippen LogP contribution is -2.61. The molecule has 0 bridgehead atoms. The van der Waals surface area contributed by atoms with Gasteiger partial charge in [0.25, 0.3) is 5.91 Å². The molecule has 3 atom stereocenters. The third-order valence-corrected chi connectivity index (χ3v) is 7.95. The Bertz CT molecular complexity index is 1250. The van der Waals surface area contributed by atoms with Gasteiger partial charge >= 0.3 is 6.09 Å². The Morgan fingerprint density at radius 1 is 1.26 bits per heavy atom. The number of nitrogens with zero attached hydrogens (tertiary/aromatic N) is 3. The highest BCUT2D eigenvalue weighted by Crippen LogP contribution is 2.51. The van der Waals surface area contributed by atoms with E-state index in [1.165, 1.54) is 0 Å². The molecule has 9 nitrogen and oxygen atoms in total. The van der Waals surface area contributed by atoms with Crippen LogP contribution in [0.4, 0.5) is 13.6 Å². The number of aromatic nitrogens is 2. The number of amides is 2. The van der Waals surface area contributed by atoms with Gasteiger partial charge in [-0.2, -0.15) is 0 Å². The van der Waals surface area contributed by atoms with Crippen LogP contribution in [0.15, 0.2) is 18.2 Å². The number of fused-ring (bicyclic) bond motifs is 1. The second kappa shape index (κ2) is 9.60. The summed E-state index contributed by atoms with van der Waals surface area (Å²) in [5.74, 6) is -0.997. The molecular formula is C27H35F2N5O4. The summed E-state index contributed by atoms with van der Waals surface area (Å²) in [5.41, 5.74) is 4.98. The van der Waals surface area contributed by atoms with Gasteiger partial charge < -0.3 is 25.1 Å². The van der Waals surface area contributed by atoms with Crippen molar-refractivity contribution < 1.29 is 27.8 Å². The Labute approximate surface area is 220 Å². The largest absolute Gasteiger partial charge is 0.443 e. The molecule has 11 heteroatoms. The van der Waals surface area contributed by atoms with Gasteiger partial charge in [-0.25, -0.2) is 18.6 Å². The molecule has 1 aliphatic carbocycles. The molecule has 0 unspecified atom stereocenters. The van der Waals surface area contributed by atoms with E-state index in [9.17, 15) is 14.0 Å². The highest BCUT2D eigenvalue weighted by atomic mass is 19.1. The maximum atomic E-state index is 15.2. The number of halogens is 2. The standard InChI is InChI=1S/C27H35F2N5O4/c1-5-34-21-13-33(12-20(21)32-23(34)24(35)31-16-7-8-16)17-11-22(38-25(30)36)27(37-14-17,26(2,3)4)18-10-15(28)6-9-19(18)29/h6,9-10,16-17,22H,5,7-8,11-14H2,1-4H3,(H2,30,36)(H,31,35)/t17-,22+,27-/m1/s1. The molecule has 2 aliphatic heterocycles. The summed E-state index contributed by atoms with van der Waals surface area (Å²) >= 11 is 0. The van der Waals surface area contributed by atoms with E-state index in [0.29, 0.717) is 31.9 Å². The maximum absolute atomic E-state index is 15.2. The monoisotopic (exact) mass is 531 g/mol. The molecule has 1 aromatic heterocycles. The molecule has 5 rings (SSSR count). The first-order valence-electron chi connectivity index (χ1n) is 13.1. The molecule has 206 valence electrons. The number of hydrogen-bond donors (Lipinski definition) is 2. The van der Waals surface area contributed by atoms with Crippen LogP contribution in [0.5, 0.6) is 0 Å². The summed E-state index contributed by atoms with van der Waals surface area (Å²) in [7, 11) is 0. The minimum Gasteiger partial charge on any atom is -0.443 e. The molecule has 1 aromatic carbocycles. The van der Waals surface area contributed by atoms with E-state index in [0.717, 1.165) is 42.4 Å². The van der Waals surface area contributed by atoms with Crippen LogP contribution in [-0.2, 0) is 34.7 Å². The van der Waals surface area contributed by atoms with Crippen LogP contribution in [0.25, 0.3) is 0 Å². The Balaban J connectivity index is 1.42. The number of hydrogen-bond acceptors (Lipinski definition) is 6. The Hall–Kier alpha value is -3.05. The van der Waals surface area contributed by atoms with Crippen LogP contribution >= 0.6 is 0 Å². The van der Waals surface area contributed by atoms with Gasteiger partial charge in [-0.15, -0.1) is 0 Å². The maximum Gasteiger partial charge on any atom is 0.404 e. The number of nitrogens with two attached hydrogens (primary N) is 1. The van der Waals surface area contributed by atoms with Crippen molar-refractivity contribution >= 4 is 12.0 Å². The number of primary amides is 1. The zero-order valence-corrected chi connectivity index (χ0v) is 22.2. The van der Waals surface area contributed by atoms with Gasteiger partial charge in [0, 0.05) is 43.7 Å². The normalized spacial score (nSPS) is 25.7. The summed E-state index contributed by atoms with van der Waals surface area (Å²) in [4.78, 5) is 31.5. The average Bonchev–Trinajstić information content (AvgIpc) is 3.44. The van der Waals surface area contributed by atoms with E-state index in [-0.39, 0.29) is 30.2 Å². The predicted octanol–water partition coefficient (Wildman–Crippen LogP) is 3.58. The summed E-state index contributed by atoms with van der Waals surface area (Å²) in [6.07, 6.45) is 0.299. The van der Waals surface area contributed by atoms with Gasteiger partial charge in [0.2, 0.25) is 0 Å². The van der Waals surface area contributed by atoms with E-state index in [1.807, 2.05) is 32.3 Å². The van der Waals surface area contributed by atoms with Crippen LogP contribution < -0.4 is 11.1 Å². The number of benzene rings is 1. The molecule has 2 amide bonds. The van der Waals surface area contributed by atoms with Crippen molar-refractivity contribution in [2.45, 2.75) is 90.4 Å². The van der Waals surface area contributed by atoms with Gasteiger partial charge in [0.15, 0.2) is 5.82 Å². The second-order valence-electron chi connectivity index (χ2n) is 11.5. The van der Waals surface area contributed by atoms with E-state index >= 15 is 4.39 Å². The minimum absolute atomic E-state index is 0.00943. The topological polar surface area (TPSA) is 112 Å². The van der Waals surface area contributed by atoms with Crippen molar-refractivity contribution in [1.82, 2.24) is 19.8 Å². The smallest absolute Gasteiger partial charge is 0.404 e. The van der Waals surface area contributed by atoms with Crippen molar-refractivity contribution in [2.24, 2.45) is 11.1 Å². The van der Waals surface area contributed by atoms with Crippen LogP contribution in [-0.4, -0.2) is 51.2 Å². The summed E-state index contributed by atoms with van der Waals surface area (Å²) in [6, 6.07) is 3.23. The van der Waals surface area contributed by atoms with E-state index < -0.39 is 34.8 Å². The molecule has 3 heterocycles. The molecule has 1 saturated carbocycles. The molecular weight excluding hydrogens is 496 g/mol. The summed E-state index contributed by atoms with van der Waals surface area (Å²) < 4.78 is 43.5. The molecule has 2 aromatic rings. The number of ether oxygens (including phenoxy) is 2. The van der Waals surface area contributed by atoms with Gasteiger partial charge in [-0.05, 0) is 43.4 Å². The van der Waals surface area contributed by atoms with Gasteiger partial charge in [-0.1, -0.05) is 20.8 Å². The van der Waals surface area contributed by atoms with Crippen molar-refractivity contribution in [1.29, 1.82) is 0 Å².